The van der Waals surface area contributed by atoms with Gasteiger partial charge in [0.2, 0.25) is 0 Å². The van der Waals surface area contributed by atoms with Crippen LogP contribution in [0.5, 0.6) is 5.75 Å². The molecule has 1 aliphatic heterocycles. The summed E-state index contributed by atoms with van der Waals surface area (Å²) >= 11 is 5.77. The molecule has 0 spiro atoms. The van der Waals surface area contributed by atoms with Gasteiger partial charge in [-0.05, 0) is 74.1 Å². The average Bonchev–Trinajstić information content (AvgIpc) is 3.30. The second kappa shape index (κ2) is 8.09. The maximum absolute atomic E-state index is 10.7. The van der Waals surface area contributed by atoms with Crippen LogP contribution < -0.4 is 10.2 Å². The molecule has 160 valence electrons. The Balaban J connectivity index is 1.70. The van der Waals surface area contributed by atoms with Gasteiger partial charge in [-0.2, -0.15) is 0 Å². The molecule has 1 aromatic carbocycles. The Labute approximate surface area is 192 Å². The number of phenolic OH excluding ortho intramolecular Hbond substituents is 1. The van der Waals surface area contributed by atoms with Crippen LogP contribution in [0.25, 0.3) is 5.82 Å². The highest BCUT2D eigenvalue weighted by Crippen LogP contribution is 2.45. The minimum atomic E-state index is -0.200. The number of benzene rings is 1. The maximum atomic E-state index is 10.7. The van der Waals surface area contributed by atoms with Crippen molar-refractivity contribution in [1.82, 2.24) is 19.9 Å². The zero-order valence-electron chi connectivity index (χ0n) is 17.8. The predicted octanol–water partition coefficient (Wildman–Crippen LogP) is 4.77. The molecule has 3 aromatic heterocycles. The van der Waals surface area contributed by atoms with E-state index in [0.29, 0.717) is 10.8 Å². The van der Waals surface area contributed by atoms with Crippen molar-refractivity contribution in [1.29, 1.82) is 0 Å². The normalized spacial score (nSPS) is 18.1. The molecular weight excluding hydrogens is 418 g/mol. The molecular formula is C25H23N5OS. The van der Waals surface area contributed by atoms with Gasteiger partial charge in [0.15, 0.2) is 5.11 Å². The van der Waals surface area contributed by atoms with Crippen molar-refractivity contribution in [3.63, 3.8) is 0 Å². The summed E-state index contributed by atoms with van der Waals surface area (Å²) in [5.74, 6) is 1.05. The molecule has 32 heavy (non-hydrogen) atoms. The average molecular weight is 442 g/mol. The molecule has 2 N–H and O–H groups in total. The van der Waals surface area contributed by atoms with Crippen molar-refractivity contribution in [2.75, 3.05) is 4.90 Å². The van der Waals surface area contributed by atoms with Crippen LogP contribution in [-0.4, -0.2) is 24.8 Å². The van der Waals surface area contributed by atoms with Gasteiger partial charge in [0.25, 0.3) is 0 Å². The standard InChI is InChI=1S/C25H23N5OS/c1-16-15-18(17(2)29(16)22-12-6-8-14-27-22)24-23(19-9-5-7-13-26-19)28-25(32)30(24)20-10-3-4-11-21(20)31/h3-15,23-24,31H,1-2H3,(H,28,32)/t23-,24+/m1/s1. The summed E-state index contributed by atoms with van der Waals surface area (Å²) in [7, 11) is 0. The van der Waals surface area contributed by atoms with Crippen LogP contribution in [0, 0.1) is 13.8 Å². The molecule has 0 aliphatic carbocycles. The number of pyridine rings is 2. The van der Waals surface area contributed by atoms with E-state index in [4.69, 9.17) is 12.2 Å². The molecule has 0 amide bonds. The fraction of sp³-hybridized carbons (Fsp3) is 0.160. The molecule has 0 radical (unpaired) electrons. The molecule has 4 aromatic rings. The first-order valence-corrected chi connectivity index (χ1v) is 10.9. The Bertz CT molecular complexity index is 1270. The number of nitrogens with zero attached hydrogens (tertiary/aromatic N) is 4. The van der Waals surface area contributed by atoms with Gasteiger partial charge in [-0.25, -0.2) is 4.98 Å². The second-order valence-electron chi connectivity index (χ2n) is 7.84. The first-order valence-electron chi connectivity index (χ1n) is 10.4. The molecule has 1 fully saturated rings. The quantitative estimate of drug-likeness (QED) is 0.445. The second-order valence-corrected chi connectivity index (χ2v) is 8.22. The van der Waals surface area contributed by atoms with Crippen LogP contribution in [0.2, 0.25) is 0 Å². The van der Waals surface area contributed by atoms with E-state index in [1.807, 2.05) is 59.5 Å². The van der Waals surface area contributed by atoms with Crippen LogP contribution in [0.15, 0.2) is 79.1 Å². The van der Waals surface area contributed by atoms with Gasteiger partial charge in [0.1, 0.15) is 11.6 Å². The first-order chi connectivity index (χ1) is 15.6. The molecule has 5 rings (SSSR count). The van der Waals surface area contributed by atoms with Gasteiger partial charge in [-0.1, -0.05) is 24.3 Å². The van der Waals surface area contributed by atoms with Crippen LogP contribution in [-0.2, 0) is 0 Å². The fourth-order valence-corrected chi connectivity index (χ4v) is 4.86. The topological polar surface area (TPSA) is 66.2 Å². The van der Waals surface area contributed by atoms with Gasteiger partial charge in [0.05, 0.1) is 23.5 Å². The molecule has 0 unspecified atom stereocenters. The molecule has 0 saturated carbocycles. The van der Waals surface area contributed by atoms with Crippen molar-refractivity contribution >= 4 is 23.0 Å². The number of nitrogens with one attached hydrogen (secondary N) is 1. The lowest BCUT2D eigenvalue weighted by Gasteiger charge is -2.28. The Hall–Kier alpha value is -3.71. The molecule has 1 saturated heterocycles. The fourth-order valence-electron chi connectivity index (χ4n) is 4.52. The summed E-state index contributed by atoms with van der Waals surface area (Å²) in [5, 5.41) is 14.7. The van der Waals surface area contributed by atoms with E-state index in [1.165, 1.54) is 0 Å². The molecule has 7 heteroatoms. The number of aryl methyl sites for hydroxylation is 1. The Morgan fingerprint density at radius 2 is 1.66 bits per heavy atom. The number of aromatic nitrogens is 3. The van der Waals surface area contributed by atoms with Crippen LogP contribution >= 0.6 is 12.2 Å². The summed E-state index contributed by atoms with van der Waals surface area (Å²) in [4.78, 5) is 11.2. The highest BCUT2D eigenvalue weighted by Gasteiger charge is 2.43. The number of hydrogen-bond acceptors (Lipinski definition) is 4. The zero-order valence-corrected chi connectivity index (χ0v) is 18.6. The molecule has 4 heterocycles. The minimum absolute atomic E-state index is 0.180. The summed E-state index contributed by atoms with van der Waals surface area (Å²) in [5.41, 5.74) is 4.79. The number of rotatable bonds is 4. The molecule has 6 nitrogen and oxygen atoms in total. The lowest BCUT2D eigenvalue weighted by atomic mass is 9.96. The third kappa shape index (κ3) is 3.31. The summed E-state index contributed by atoms with van der Waals surface area (Å²) in [6.07, 6.45) is 3.59. The van der Waals surface area contributed by atoms with Crippen LogP contribution in [0.4, 0.5) is 5.69 Å². The zero-order chi connectivity index (χ0) is 22.2. The number of hydrogen-bond donors (Lipinski definition) is 2. The highest BCUT2D eigenvalue weighted by molar-refractivity contribution is 7.80. The van der Waals surface area contributed by atoms with E-state index in [1.54, 1.807) is 18.5 Å². The number of aromatic hydroxyl groups is 1. The monoisotopic (exact) mass is 441 g/mol. The lowest BCUT2D eigenvalue weighted by Crippen LogP contribution is -2.29. The number of para-hydroxylation sites is 2. The number of anilines is 1. The number of phenols is 1. The highest BCUT2D eigenvalue weighted by atomic mass is 32.1. The summed E-state index contributed by atoms with van der Waals surface area (Å²) < 4.78 is 2.15. The summed E-state index contributed by atoms with van der Waals surface area (Å²) in [6, 6.07) is 20.8. The molecule has 2 atom stereocenters. The van der Waals surface area contributed by atoms with Crippen LogP contribution in [0.1, 0.15) is 34.7 Å². The van der Waals surface area contributed by atoms with E-state index in [0.717, 1.165) is 28.5 Å². The van der Waals surface area contributed by atoms with E-state index in [2.05, 4.69) is 39.8 Å². The van der Waals surface area contributed by atoms with Gasteiger partial charge >= 0.3 is 0 Å². The van der Waals surface area contributed by atoms with Gasteiger partial charge in [-0.3, -0.25) is 4.98 Å². The SMILES string of the molecule is Cc1cc([C@H]2[C@@H](c3ccccn3)NC(=S)N2c2ccccc2O)c(C)n1-c1ccccn1. The van der Waals surface area contributed by atoms with E-state index >= 15 is 0 Å². The number of thiocarbonyl (C=S) groups is 1. The summed E-state index contributed by atoms with van der Waals surface area (Å²) in [6.45, 7) is 4.17. The largest absolute Gasteiger partial charge is 0.506 e. The van der Waals surface area contributed by atoms with Gasteiger partial charge < -0.3 is 19.9 Å². The Morgan fingerprint density at radius 1 is 0.938 bits per heavy atom. The minimum Gasteiger partial charge on any atom is -0.506 e. The van der Waals surface area contributed by atoms with Crippen molar-refractivity contribution < 1.29 is 5.11 Å². The first kappa shape index (κ1) is 20.2. The molecule has 0 bridgehead atoms. The van der Waals surface area contributed by atoms with Crippen molar-refractivity contribution in [3.8, 4) is 11.6 Å². The Morgan fingerprint density at radius 3 is 2.34 bits per heavy atom. The van der Waals surface area contributed by atoms with Gasteiger partial charge in [0, 0.05) is 23.8 Å². The van der Waals surface area contributed by atoms with Crippen molar-refractivity contribution in [2.24, 2.45) is 0 Å². The molecule has 1 aliphatic rings. The van der Waals surface area contributed by atoms with Crippen molar-refractivity contribution in [3.05, 3.63) is 102 Å². The lowest BCUT2D eigenvalue weighted by molar-refractivity contribution is 0.472. The van der Waals surface area contributed by atoms with E-state index in [-0.39, 0.29) is 17.8 Å². The van der Waals surface area contributed by atoms with Crippen LogP contribution in [0.3, 0.4) is 0 Å². The van der Waals surface area contributed by atoms with Gasteiger partial charge in [-0.15, -0.1) is 0 Å². The van der Waals surface area contributed by atoms with Crippen molar-refractivity contribution in [2.45, 2.75) is 25.9 Å². The smallest absolute Gasteiger partial charge is 0.174 e. The van der Waals surface area contributed by atoms with E-state index in [9.17, 15) is 5.11 Å². The third-order valence-electron chi connectivity index (χ3n) is 5.91. The third-order valence-corrected chi connectivity index (χ3v) is 6.22. The maximum Gasteiger partial charge on any atom is 0.174 e. The van der Waals surface area contributed by atoms with E-state index < -0.39 is 0 Å². The Kier molecular flexibility index (Phi) is 5.11. The predicted molar refractivity (Wildman–Crippen MR) is 129 cm³/mol.